The molecule has 0 aliphatic carbocycles. The second-order valence-electron chi connectivity index (χ2n) is 14.3. The molecule has 1 N–H and O–H groups in total. The summed E-state index contributed by atoms with van der Waals surface area (Å²) in [6, 6.07) is 24.1. The van der Waals surface area contributed by atoms with Gasteiger partial charge in [-0.25, -0.2) is 9.59 Å². The molecule has 1 fully saturated rings. The zero-order valence-corrected chi connectivity index (χ0v) is 29.2. The molecule has 2 aliphatic heterocycles. The van der Waals surface area contributed by atoms with Gasteiger partial charge in [0.25, 0.3) is 9.04 Å². The van der Waals surface area contributed by atoms with Gasteiger partial charge in [0, 0.05) is 12.5 Å². The number of nitrogens with zero attached hydrogens (tertiary/aromatic N) is 1. The predicted octanol–water partition coefficient (Wildman–Crippen LogP) is 5.81. The number of ether oxygens (including phenoxy) is 4. The number of rotatable bonds is 9. The number of carbonyl (C=O) groups is 2. The van der Waals surface area contributed by atoms with E-state index in [1.807, 2.05) is 45.0 Å². The molecule has 2 aliphatic rings. The van der Waals surface area contributed by atoms with E-state index in [9.17, 15) is 9.59 Å². The van der Waals surface area contributed by atoms with Gasteiger partial charge in [-0.2, -0.15) is 0 Å². The Morgan fingerprint density at radius 1 is 0.915 bits per heavy atom. The van der Waals surface area contributed by atoms with Gasteiger partial charge in [-0.15, -0.1) is 0 Å². The standard InChI is InChI=1S/C37H46NO8Si/c1-36(2,3)27-15-17-31(18-16-27)47(30-12-8-7-9-13-30)46-29-20-28(38(21-29)34(39)45-37(4,5)6)24-42-22-25-19-26-11-10-14-32(44-35(40)41)33(26)43-23-25/h7-18,25,28-29H,19-24H2,1-6H3,(H,40,41)/t25?,28-,29+/m1/s1. The van der Waals surface area contributed by atoms with Gasteiger partial charge in [-0.3, -0.25) is 0 Å². The number of carbonyl (C=O) groups excluding carboxylic acids is 1. The molecule has 1 amide bonds. The van der Waals surface area contributed by atoms with Crippen molar-refractivity contribution in [1.29, 1.82) is 0 Å². The average Bonchev–Trinajstić information content (AvgIpc) is 3.42. The first-order chi connectivity index (χ1) is 22.3. The highest BCUT2D eigenvalue weighted by atomic mass is 28.3. The lowest BCUT2D eigenvalue weighted by Crippen LogP contribution is -2.48. The van der Waals surface area contributed by atoms with Crippen molar-refractivity contribution in [3.05, 3.63) is 83.9 Å². The van der Waals surface area contributed by atoms with E-state index in [4.69, 9.17) is 28.5 Å². The molecular formula is C37H46NO8Si. The quantitative estimate of drug-likeness (QED) is 0.174. The molecule has 2 heterocycles. The maximum absolute atomic E-state index is 13.4. The van der Waals surface area contributed by atoms with Crippen molar-refractivity contribution in [2.45, 2.75) is 77.5 Å². The summed E-state index contributed by atoms with van der Waals surface area (Å²) in [7, 11) is -1.61. The molecule has 0 spiro atoms. The first-order valence-corrected chi connectivity index (χ1v) is 17.6. The Balaban J connectivity index is 1.28. The van der Waals surface area contributed by atoms with Crippen LogP contribution in [0.15, 0.2) is 72.8 Å². The van der Waals surface area contributed by atoms with Gasteiger partial charge in [0.1, 0.15) is 5.60 Å². The van der Waals surface area contributed by atoms with Gasteiger partial charge in [0.15, 0.2) is 11.5 Å². The predicted molar refractivity (Wildman–Crippen MR) is 181 cm³/mol. The van der Waals surface area contributed by atoms with Crippen molar-refractivity contribution >= 4 is 31.7 Å². The summed E-state index contributed by atoms with van der Waals surface area (Å²) in [5.74, 6) is 0.720. The minimum Gasteiger partial charge on any atom is -0.489 e. The molecule has 10 heteroatoms. The Labute approximate surface area is 279 Å². The minimum atomic E-state index is -1.61. The number of fused-ring (bicyclic) bond motifs is 1. The molecule has 5 rings (SSSR count). The molecule has 0 bridgehead atoms. The highest BCUT2D eigenvalue weighted by Crippen LogP contribution is 2.36. The van der Waals surface area contributed by atoms with Crippen LogP contribution in [0.25, 0.3) is 0 Å². The average molecular weight is 661 g/mol. The number of hydrogen-bond acceptors (Lipinski definition) is 7. The van der Waals surface area contributed by atoms with Crippen LogP contribution >= 0.6 is 0 Å². The summed E-state index contributed by atoms with van der Waals surface area (Å²) in [6.45, 7) is 13.8. The zero-order chi connectivity index (χ0) is 33.8. The second-order valence-corrected chi connectivity index (χ2v) is 16.4. The summed E-state index contributed by atoms with van der Waals surface area (Å²) in [5.41, 5.74) is 1.56. The third kappa shape index (κ3) is 9.15. The smallest absolute Gasteiger partial charge is 0.489 e. The Morgan fingerprint density at radius 2 is 1.62 bits per heavy atom. The van der Waals surface area contributed by atoms with Crippen molar-refractivity contribution in [3.63, 3.8) is 0 Å². The van der Waals surface area contributed by atoms with Crippen molar-refractivity contribution in [2.75, 3.05) is 26.4 Å². The maximum Gasteiger partial charge on any atom is 0.511 e. The van der Waals surface area contributed by atoms with E-state index >= 15 is 0 Å². The lowest BCUT2D eigenvalue weighted by atomic mass is 9.87. The van der Waals surface area contributed by atoms with Crippen molar-refractivity contribution in [3.8, 4) is 11.5 Å². The van der Waals surface area contributed by atoms with Crippen LogP contribution in [0.5, 0.6) is 11.5 Å². The highest BCUT2D eigenvalue weighted by molar-refractivity contribution is 6.80. The van der Waals surface area contributed by atoms with Crippen LogP contribution in [-0.2, 0) is 25.7 Å². The van der Waals surface area contributed by atoms with Crippen molar-refractivity contribution in [2.24, 2.45) is 5.92 Å². The van der Waals surface area contributed by atoms with Gasteiger partial charge in [0.2, 0.25) is 0 Å². The summed E-state index contributed by atoms with van der Waals surface area (Å²) >= 11 is 0. The summed E-state index contributed by atoms with van der Waals surface area (Å²) < 4.78 is 29.8. The molecule has 0 saturated carbocycles. The van der Waals surface area contributed by atoms with E-state index in [1.54, 1.807) is 17.0 Å². The fraction of sp³-hybridized carbons (Fsp3) is 0.459. The lowest BCUT2D eigenvalue weighted by molar-refractivity contribution is 0.00367. The fourth-order valence-electron chi connectivity index (χ4n) is 5.95. The third-order valence-electron chi connectivity index (χ3n) is 8.23. The molecule has 3 aromatic carbocycles. The molecule has 3 aromatic rings. The fourth-order valence-corrected chi connectivity index (χ4v) is 8.03. The monoisotopic (exact) mass is 660 g/mol. The topological polar surface area (TPSA) is 104 Å². The Hall–Kier alpha value is -3.86. The Morgan fingerprint density at radius 3 is 2.28 bits per heavy atom. The van der Waals surface area contributed by atoms with Crippen molar-refractivity contribution < 1.29 is 38.1 Å². The first kappa shape index (κ1) is 34.5. The molecule has 3 atom stereocenters. The van der Waals surface area contributed by atoms with Crippen LogP contribution in [0, 0.1) is 5.92 Å². The van der Waals surface area contributed by atoms with Crippen LogP contribution in [0.3, 0.4) is 0 Å². The van der Waals surface area contributed by atoms with Crippen LogP contribution < -0.4 is 19.8 Å². The minimum absolute atomic E-state index is 0.0521. The Kier molecular flexibility index (Phi) is 10.6. The summed E-state index contributed by atoms with van der Waals surface area (Å²) in [6.07, 6.45) is -0.655. The second kappa shape index (κ2) is 14.5. The van der Waals surface area contributed by atoms with E-state index in [2.05, 4.69) is 57.2 Å². The number of carboxylic acid groups (broad SMARTS) is 1. The van der Waals surface area contributed by atoms with Crippen LogP contribution in [0.2, 0.25) is 0 Å². The zero-order valence-electron chi connectivity index (χ0n) is 28.2. The molecule has 9 nitrogen and oxygen atoms in total. The van der Waals surface area contributed by atoms with Crippen LogP contribution in [-0.4, -0.2) is 75.4 Å². The van der Waals surface area contributed by atoms with E-state index < -0.39 is 20.8 Å². The number of benzene rings is 3. The molecule has 0 aromatic heterocycles. The molecule has 1 unspecified atom stereocenters. The number of para-hydroxylation sites is 1. The molecule has 47 heavy (non-hydrogen) atoms. The normalized spacial score (nSPS) is 19.6. The lowest BCUT2D eigenvalue weighted by Gasteiger charge is -2.29. The summed E-state index contributed by atoms with van der Waals surface area (Å²) in [4.78, 5) is 26.2. The van der Waals surface area contributed by atoms with Gasteiger partial charge < -0.3 is 33.4 Å². The SMILES string of the molecule is CC(C)(C)OC(=O)N1C[C@@H](O[Si](c2ccccc2)c2ccc(C(C)(C)C)cc2)C[C@@H]1COCC1COc2c(cccc2OC(=O)O)C1. The van der Waals surface area contributed by atoms with E-state index in [0.717, 1.165) is 15.9 Å². The molecule has 251 valence electrons. The van der Waals surface area contributed by atoms with E-state index in [1.165, 1.54) is 5.56 Å². The van der Waals surface area contributed by atoms with Gasteiger partial charge in [0.05, 0.1) is 32.0 Å². The van der Waals surface area contributed by atoms with Gasteiger partial charge in [-0.1, -0.05) is 87.5 Å². The Bertz CT molecular complexity index is 1520. The largest absolute Gasteiger partial charge is 0.511 e. The first-order valence-electron chi connectivity index (χ1n) is 16.2. The number of likely N-dealkylation sites (tertiary alicyclic amines) is 1. The highest BCUT2D eigenvalue weighted by Gasteiger charge is 2.40. The van der Waals surface area contributed by atoms with Gasteiger partial charge >= 0.3 is 12.2 Å². The van der Waals surface area contributed by atoms with Gasteiger partial charge in [-0.05, 0) is 66.6 Å². The van der Waals surface area contributed by atoms with E-state index in [0.29, 0.717) is 45.0 Å². The van der Waals surface area contributed by atoms with Crippen LogP contribution in [0.4, 0.5) is 9.59 Å². The number of hydrogen-bond donors (Lipinski definition) is 1. The van der Waals surface area contributed by atoms with E-state index in [-0.39, 0.29) is 35.3 Å². The summed E-state index contributed by atoms with van der Waals surface area (Å²) in [5, 5.41) is 11.4. The molecule has 1 saturated heterocycles. The number of amides is 1. The van der Waals surface area contributed by atoms with Crippen LogP contribution in [0.1, 0.15) is 59.1 Å². The third-order valence-corrected chi connectivity index (χ3v) is 10.5. The molecule has 1 radical (unpaired) electrons. The van der Waals surface area contributed by atoms with Crippen molar-refractivity contribution in [1.82, 2.24) is 4.90 Å². The maximum atomic E-state index is 13.4. The molecular weight excluding hydrogens is 614 g/mol.